The van der Waals surface area contributed by atoms with Crippen molar-refractivity contribution in [2.75, 3.05) is 33.4 Å². The molecule has 1 amide bonds. The van der Waals surface area contributed by atoms with Gasteiger partial charge in [-0.05, 0) is 41.0 Å². The molecule has 0 N–H and O–H groups in total. The fourth-order valence-electron chi connectivity index (χ4n) is 4.97. The van der Waals surface area contributed by atoms with Crippen molar-refractivity contribution >= 4 is 5.91 Å². The van der Waals surface area contributed by atoms with E-state index < -0.39 is 5.60 Å². The number of nitrogens with zero attached hydrogens (tertiary/aromatic N) is 4. The topological polar surface area (TPSA) is 67.8 Å². The summed E-state index contributed by atoms with van der Waals surface area (Å²) >= 11 is 0. The molecular formula is C26H28N4O3. The van der Waals surface area contributed by atoms with Gasteiger partial charge in [-0.2, -0.15) is 0 Å². The fourth-order valence-corrected chi connectivity index (χ4v) is 4.97. The number of morpholine rings is 1. The second kappa shape index (κ2) is 9.29. The molecule has 0 aliphatic carbocycles. The van der Waals surface area contributed by atoms with E-state index in [-0.39, 0.29) is 11.8 Å². The van der Waals surface area contributed by atoms with Gasteiger partial charge < -0.3 is 14.4 Å². The third-order valence-corrected chi connectivity index (χ3v) is 6.58. The van der Waals surface area contributed by atoms with E-state index >= 15 is 0 Å². The normalized spacial score (nSPS) is 23.2. The van der Waals surface area contributed by atoms with Crippen LogP contribution in [0.2, 0.25) is 0 Å². The van der Waals surface area contributed by atoms with Crippen molar-refractivity contribution < 1.29 is 14.3 Å². The number of likely N-dealkylation sites (tertiary alicyclic amines) is 1. The first-order valence-corrected chi connectivity index (χ1v) is 11.3. The van der Waals surface area contributed by atoms with Crippen molar-refractivity contribution in [3.05, 3.63) is 90.0 Å². The van der Waals surface area contributed by atoms with Crippen LogP contribution in [0.1, 0.15) is 22.6 Å². The van der Waals surface area contributed by atoms with Gasteiger partial charge in [0.05, 0.1) is 13.7 Å². The van der Waals surface area contributed by atoms with Gasteiger partial charge in [0.15, 0.2) is 5.60 Å². The third kappa shape index (κ3) is 4.34. The highest BCUT2D eigenvalue weighted by atomic mass is 16.5. The maximum absolute atomic E-state index is 14.0. The number of carbonyl (C=O) groups excluding carboxylic acids is 1. The number of benzene rings is 1. The minimum atomic E-state index is -0.921. The van der Waals surface area contributed by atoms with E-state index in [1.54, 1.807) is 19.5 Å². The summed E-state index contributed by atoms with van der Waals surface area (Å²) in [4.78, 5) is 26.8. The van der Waals surface area contributed by atoms with Crippen LogP contribution < -0.4 is 4.74 Å². The third-order valence-electron chi connectivity index (χ3n) is 6.58. The van der Waals surface area contributed by atoms with Crippen molar-refractivity contribution in [3.8, 4) is 5.75 Å². The molecule has 1 spiro atoms. The standard InChI is InChI=1S/C26H28N4O3/c1-32-23-8-6-20(7-9-23)17-30-12-13-33-26(25(30)31)19-29(16-21-4-2-10-27-14-21)18-24(26)22-5-3-11-28-15-22/h2-11,14-15,24H,12-13,16-19H2,1H3/t24-,26-/m1/s1. The molecule has 2 fully saturated rings. The van der Waals surface area contributed by atoms with Crippen LogP contribution in [0.15, 0.2) is 73.3 Å². The molecule has 2 saturated heterocycles. The zero-order valence-electron chi connectivity index (χ0n) is 18.8. The molecule has 0 radical (unpaired) electrons. The lowest BCUT2D eigenvalue weighted by Gasteiger charge is -2.42. The highest BCUT2D eigenvalue weighted by Crippen LogP contribution is 2.42. The Kier molecular flexibility index (Phi) is 6.07. The van der Waals surface area contributed by atoms with Crippen molar-refractivity contribution in [1.29, 1.82) is 0 Å². The highest BCUT2D eigenvalue weighted by molar-refractivity contribution is 5.88. The fraction of sp³-hybridized carbons (Fsp3) is 0.346. The molecule has 2 aliphatic heterocycles. The molecule has 4 heterocycles. The number of ether oxygens (including phenoxy) is 2. The second-order valence-electron chi connectivity index (χ2n) is 8.68. The molecule has 0 bridgehead atoms. The van der Waals surface area contributed by atoms with Gasteiger partial charge in [0.25, 0.3) is 5.91 Å². The minimum absolute atomic E-state index is 0.0482. The molecule has 0 saturated carbocycles. The van der Waals surface area contributed by atoms with E-state index in [1.807, 2.05) is 59.8 Å². The Morgan fingerprint density at radius 2 is 1.82 bits per heavy atom. The molecule has 170 valence electrons. The first-order chi connectivity index (χ1) is 16.2. The zero-order chi connectivity index (χ0) is 22.7. The Bertz CT molecular complexity index is 1080. The van der Waals surface area contributed by atoms with Crippen molar-refractivity contribution in [2.24, 2.45) is 0 Å². The van der Waals surface area contributed by atoms with E-state index in [4.69, 9.17) is 9.47 Å². The van der Waals surface area contributed by atoms with Crippen LogP contribution in [0.4, 0.5) is 0 Å². The predicted molar refractivity (Wildman–Crippen MR) is 124 cm³/mol. The van der Waals surface area contributed by atoms with E-state index in [0.29, 0.717) is 26.2 Å². The van der Waals surface area contributed by atoms with E-state index in [0.717, 1.165) is 35.5 Å². The number of amides is 1. The van der Waals surface area contributed by atoms with E-state index in [1.165, 1.54) is 0 Å². The van der Waals surface area contributed by atoms with Crippen molar-refractivity contribution in [2.45, 2.75) is 24.6 Å². The molecule has 5 rings (SSSR count). The lowest BCUT2D eigenvalue weighted by atomic mass is 9.83. The summed E-state index contributed by atoms with van der Waals surface area (Å²) in [6.45, 7) is 3.63. The Hall–Kier alpha value is -3.29. The smallest absolute Gasteiger partial charge is 0.257 e. The first kappa shape index (κ1) is 21.6. The monoisotopic (exact) mass is 444 g/mol. The quantitative estimate of drug-likeness (QED) is 0.583. The number of hydrogen-bond acceptors (Lipinski definition) is 6. The molecule has 2 atom stereocenters. The molecular weight excluding hydrogens is 416 g/mol. The Morgan fingerprint density at radius 1 is 1.03 bits per heavy atom. The number of rotatable bonds is 6. The van der Waals surface area contributed by atoms with Gasteiger partial charge in [-0.1, -0.05) is 24.3 Å². The number of pyridine rings is 2. The lowest BCUT2D eigenvalue weighted by Crippen LogP contribution is -2.59. The summed E-state index contributed by atoms with van der Waals surface area (Å²) in [5.74, 6) is 0.767. The van der Waals surface area contributed by atoms with E-state index in [9.17, 15) is 4.79 Å². The van der Waals surface area contributed by atoms with Crippen LogP contribution in [-0.4, -0.2) is 64.6 Å². The van der Waals surface area contributed by atoms with E-state index in [2.05, 4.69) is 20.9 Å². The average Bonchev–Trinajstić information content (AvgIpc) is 3.22. The molecule has 2 aliphatic rings. The zero-order valence-corrected chi connectivity index (χ0v) is 18.8. The molecule has 33 heavy (non-hydrogen) atoms. The Balaban J connectivity index is 1.42. The maximum Gasteiger partial charge on any atom is 0.257 e. The molecule has 0 unspecified atom stereocenters. The van der Waals surface area contributed by atoms with Gasteiger partial charge >= 0.3 is 0 Å². The Labute approximate surface area is 194 Å². The molecule has 3 aromatic rings. The second-order valence-corrected chi connectivity index (χ2v) is 8.68. The predicted octanol–water partition coefficient (Wildman–Crippen LogP) is 2.88. The SMILES string of the molecule is COc1ccc(CN2CCO[C@@]3(CN(Cc4cccnc4)C[C@@H]3c3cccnc3)C2=O)cc1. The number of methoxy groups -OCH3 is 1. The maximum atomic E-state index is 14.0. The van der Waals surface area contributed by atoms with Crippen LogP contribution in [0.25, 0.3) is 0 Å². The Morgan fingerprint density at radius 3 is 2.52 bits per heavy atom. The molecule has 7 nitrogen and oxygen atoms in total. The summed E-state index contributed by atoms with van der Waals surface area (Å²) in [6.07, 6.45) is 7.28. The first-order valence-electron chi connectivity index (χ1n) is 11.3. The molecule has 7 heteroatoms. The van der Waals surface area contributed by atoms with Gasteiger partial charge in [-0.3, -0.25) is 19.7 Å². The minimum Gasteiger partial charge on any atom is -0.497 e. The van der Waals surface area contributed by atoms with Crippen molar-refractivity contribution in [1.82, 2.24) is 19.8 Å². The van der Waals surface area contributed by atoms with Gasteiger partial charge in [0.1, 0.15) is 5.75 Å². The highest BCUT2D eigenvalue weighted by Gasteiger charge is 2.56. The number of aromatic nitrogens is 2. The van der Waals surface area contributed by atoms with Gasteiger partial charge in [-0.25, -0.2) is 0 Å². The van der Waals surface area contributed by atoms with Crippen LogP contribution in [0.3, 0.4) is 0 Å². The van der Waals surface area contributed by atoms with Crippen LogP contribution in [0, 0.1) is 0 Å². The lowest BCUT2D eigenvalue weighted by molar-refractivity contribution is -0.173. The summed E-state index contributed by atoms with van der Waals surface area (Å²) in [5, 5.41) is 0. The summed E-state index contributed by atoms with van der Waals surface area (Å²) in [6, 6.07) is 15.9. The van der Waals surface area contributed by atoms with Crippen molar-refractivity contribution in [3.63, 3.8) is 0 Å². The van der Waals surface area contributed by atoms with Crippen LogP contribution in [0.5, 0.6) is 5.75 Å². The summed E-state index contributed by atoms with van der Waals surface area (Å²) < 4.78 is 11.6. The van der Waals surface area contributed by atoms with Gasteiger partial charge in [0.2, 0.25) is 0 Å². The largest absolute Gasteiger partial charge is 0.497 e. The number of hydrogen-bond donors (Lipinski definition) is 0. The van der Waals surface area contributed by atoms with Crippen LogP contribution >= 0.6 is 0 Å². The molecule has 1 aromatic carbocycles. The van der Waals surface area contributed by atoms with Crippen LogP contribution in [-0.2, 0) is 22.6 Å². The summed E-state index contributed by atoms with van der Waals surface area (Å²) in [5.41, 5.74) is 2.31. The summed E-state index contributed by atoms with van der Waals surface area (Å²) in [7, 11) is 1.65. The average molecular weight is 445 g/mol. The van der Waals surface area contributed by atoms with Gasteiger partial charge in [0, 0.05) is 63.4 Å². The van der Waals surface area contributed by atoms with Gasteiger partial charge in [-0.15, -0.1) is 0 Å². The number of carbonyl (C=O) groups is 1. The molecule has 2 aromatic heterocycles.